The molecule has 0 spiro atoms. The van der Waals surface area contributed by atoms with Gasteiger partial charge in [0.25, 0.3) is 5.91 Å². The molecule has 0 atom stereocenters. The third kappa shape index (κ3) is 4.09. The zero-order valence-corrected chi connectivity index (χ0v) is 17.8. The molecular formula is C23H34N4O. The molecule has 2 aromatic rings. The SMILES string of the molecule is CCc1c(-c2ccc(N(C)C)cc2)c(C(N)=O)c(C)n1CCN1CCCCC1. The maximum absolute atomic E-state index is 12.4. The van der Waals surface area contributed by atoms with Gasteiger partial charge < -0.3 is 20.1 Å². The Morgan fingerprint density at radius 3 is 2.25 bits per heavy atom. The van der Waals surface area contributed by atoms with E-state index in [0.717, 1.165) is 42.0 Å². The quantitative estimate of drug-likeness (QED) is 0.795. The molecular weight excluding hydrogens is 348 g/mol. The molecule has 1 saturated heterocycles. The fourth-order valence-electron chi connectivity index (χ4n) is 4.43. The molecule has 2 heterocycles. The fraction of sp³-hybridized carbons (Fsp3) is 0.522. The average Bonchev–Trinajstić information content (AvgIpc) is 2.98. The van der Waals surface area contributed by atoms with Crippen molar-refractivity contribution in [3.63, 3.8) is 0 Å². The topological polar surface area (TPSA) is 54.5 Å². The minimum absolute atomic E-state index is 0.337. The molecule has 2 N–H and O–H groups in total. The predicted molar refractivity (Wildman–Crippen MR) is 117 cm³/mol. The number of likely N-dealkylation sites (tertiary alicyclic amines) is 1. The van der Waals surface area contributed by atoms with Crippen molar-refractivity contribution in [2.45, 2.75) is 46.1 Å². The first-order valence-corrected chi connectivity index (χ1v) is 10.5. The number of rotatable bonds is 7. The highest BCUT2D eigenvalue weighted by atomic mass is 16.1. The summed E-state index contributed by atoms with van der Waals surface area (Å²) in [6.45, 7) is 8.50. The van der Waals surface area contributed by atoms with Crippen molar-refractivity contribution in [1.29, 1.82) is 0 Å². The van der Waals surface area contributed by atoms with Gasteiger partial charge in [-0.05, 0) is 57.0 Å². The van der Waals surface area contributed by atoms with E-state index >= 15 is 0 Å². The number of hydrogen-bond acceptors (Lipinski definition) is 3. The predicted octanol–water partition coefficient (Wildman–Crippen LogP) is 3.68. The number of primary amides is 1. The summed E-state index contributed by atoms with van der Waals surface area (Å²) in [5.41, 5.74) is 11.9. The van der Waals surface area contributed by atoms with Crippen LogP contribution in [0.2, 0.25) is 0 Å². The Labute approximate surface area is 169 Å². The molecule has 1 amide bonds. The summed E-state index contributed by atoms with van der Waals surface area (Å²) in [6.07, 6.45) is 4.81. The lowest BCUT2D eigenvalue weighted by Gasteiger charge is -2.27. The van der Waals surface area contributed by atoms with Gasteiger partial charge in [-0.1, -0.05) is 25.5 Å². The van der Waals surface area contributed by atoms with Crippen molar-refractivity contribution in [3.05, 3.63) is 41.2 Å². The van der Waals surface area contributed by atoms with Gasteiger partial charge in [0.05, 0.1) is 5.56 Å². The Balaban J connectivity index is 1.99. The summed E-state index contributed by atoms with van der Waals surface area (Å²) in [5.74, 6) is -0.337. The van der Waals surface area contributed by atoms with Crippen molar-refractivity contribution in [1.82, 2.24) is 9.47 Å². The van der Waals surface area contributed by atoms with Crippen LogP contribution in [-0.2, 0) is 13.0 Å². The van der Waals surface area contributed by atoms with Crippen molar-refractivity contribution >= 4 is 11.6 Å². The summed E-state index contributed by atoms with van der Waals surface area (Å²) in [6, 6.07) is 8.40. The van der Waals surface area contributed by atoms with Gasteiger partial charge in [0.2, 0.25) is 0 Å². The normalized spacial score (nSPS) is 15.0. The maximum atomic E-state index is 12.4. The third-order valence-electron chi connectivity index (χ3n) is 5.97. The Morgan fingerprint density at radius 1 is 1.07 bits per heavy atom. The molecule has 1 aliphatic heterocycles. The summed E-state index contributed by atoms with van der Waals surface area (Å²) >= 11 is 0. The lowest BCUT2D eigenvalue weighted by molar-refractivity contribution is 0.1000. The number of anilines is 1. The van der Waals surface area contributed by atoms with Crippen LogP contribution in [0.15, 0.2) is 24.3 Å². The molecule has 5 nitrogen and oxygen atoms in total. The number of nitrogens with zero attached hydrogens (tertiary/aromatic N) is 3. The zero-order chi connectivity index (χ0) is 20.3. The van der Waals surface area contributed by atoms with Gasteiger partial charge in [0, 0.05) is 49.8 Å². The van der Waals surface area contributed by atoms with Crippen LogP contribution >= 0.6 is 0 Å². The maximum Gasteiger partial charge on any atom is 0.251 e. The zero-order valence-electron chi connectivity index (χ0n) is 17.8. The van der Waals surface area contributed by atoms with Crippen LogP contribution in [0.4, 0.5) is 5.69 Å². The molecule has 1 aromatic carbocycles. The molecule has 1 fully saturated rings. The number of carbonyl (C=O) groups is 1. The van der Waals surface area contributed by atoms with Gasteiger partial charge in [0.15, 0.2) is 0 Å². The highest BCUT2D eigenvalue weighted by Crippen LogP contribution is 2.34. The Bertz CT molecular complexity index is 814. The van der Waals surface area contributed by atoms with E-state index in [4.69, 9.17) is 5.73 Å². The average molecular weight is 383 g/mol. The van der Waals surface area contributed by atoms with E-state index in [2.05, 4.69) is 45.6 Å². The van der Waals surface area contributed by atoms with Crippen LogP contribution in [0.5, 0.6) is 0 Å². The monoisotopic (exact) mass is 382 g/mol. The van der Waals surface area contributed by atoms with Crippen molar-refractivity contribution < 1.29 is 4.79 Å². The number of piperidine rings is 1. The number of carbonyl (C=O) groups excluding carboxylic acids is 1. The summed E-state index contributed by atoms with van der Waals surface area (Å²) in [5, 5.41) is 0. The number of nitrogens with two attached hydrogens (primary N) is 1. The van der Waals surface area contributed by atoms with Gasteiger partial charge in [-0.2, -0.15) is 0 Å². The van der Waals surface area contributed by atoms with Gasteiger partial charge >= 0.3 is 0 Å². The van der Waals surface area contributed by atoms with E-state index in [1.54, 1.807) is 0 Å². The lowest BCUT2D eigenvalue weighted by Crippen LogP contribution is -2.33. The first-order chi connectivity index (χ1) is 13.4. The van der Waals surface area contributed by atoms with Crippen LogP contribution in [0, 0.1) is 6.92 Å². The van der Waals surface area contributed by atoms with Gasteiger partial charge in [-0.3, -0.25) is 4.79 Å². The second kappa shape index (κ2) is 8.82. The van der Waals surface area contributed by atoms with Gasteiger partial charge in [-0.15, -0.1) is 0 Å². The van der Waals surface area contributed by atoms with Crippen molar-refractivity contribution in [2.75, 3.05) is 38.6 Å². The van der Waals surface area contributed by atoms with Crippen molar-refractivity contribution in [2.24, 2.45) is 5.73 Å². The standard InChI is InChI=1S/C23H34N4O/c1-5-20-22(18-9-11-19(12-10-18)25(3)4)21(23(24)28)17(2)27(20)16-15-26-13-7-6-8-14-26/h9-12H,5-8,13-16H2,1-4H3,(H2,24,28). The summed E-state index contributed by atoms with van der Waals surface area (Å²) in [4.78, 5) is 17.0. The highest BCUT2D eigenvalue weighted by Gasteiger charge is 2.24. The van der Waals surface area contributed by atoms with E-state index in [9.17, 15) is 4.79 Å². The molecule has 0 radical (unpaired) electrons. The summed E-state index contributed by atoms with van der Waals surface area (Å²) < 4.78 is 2.32. The first kappa shape index (κ1) is 20.5. The smallest absolute Gasteiger partial charge is 0.251 e. The molecule has 3 rings (SSSR count). The van der Waals surface area contributed by atoms with E-state index in [0.29, 0.717) is 5.56 Å². The Kier molecular flexibility index (Phi) is 6.45. The molecule has 0 saturated carbocycles. The van der Waals surface area contributed by atoms with Gasteiger partial charge in [0.1, 0.15) is 0 Å². The number of benzene rings is 1. The first-order valence-electron chi connectivity index (χ1n) is 10.5. The Morgan fingerprint density at radius 2 is 1.71 bits per heavy atom. The van der Waals surface area contributed by atoms with E-state index in [1.807, 2.05) is 21.0 Å². The molecule has 152 valence electrons. The van der Waals surface area contributed by atoms with E-state index in [1.165, 1.54) is 38.0 Å². The number of aromatic nitrogens is 1. The molecule has 1 aliphatic rings. The highest BCUT2D eigenvalue weighted by molar-refractivity contribution is 6.02. The van der Waals surface area contributed by atoms with Crippen molar-refractivity contribution in [3.8, 4) is 11.1 Å². The largest absolute Gasteiger partial charge is 0.378 e. The second-order valence-electron chi connectivity index (χ2n) is 8.00. The minimum Gasteiger partial charge on any atom is -0.378 e. The molecule has 5 heteroatoms. The third-order valence-corrected chi connectivity index (χ3v) is 5.97. The number of hydrogen-bond donors (Lipinski definition) is 1. The van der Waals surface area contributed by atoms with Crippen LogP contribution in [0.1, 0.15) is 47.9 Å². The van der Waals surface area contributed by atoms with Crippen LogP contribution in [0.25, 0.3) is 11.1 Å². The molecule has 0 bridgehead atoms. The van der Waals surface area contributed by atoms with Crippen LogP contribution < -0.4 is 10.6 Å². The second-order valence-corrected chi connectivity index (χ2v) is 8.00. The minimum atomic E-state index is -0.337. The van der Waals surface area contributed by atoms with Gasteiger partial charge in [-0.25, -0.2) is 0 Å². The van der Waals surface area contributed by atoms with Crippen LogP contribution in [-0.4, -0.2) is 49.1 Å². The summed E-state index contributed by atoms with van der Waals surface area (Å²) in [7, 11) is 4.06. The molecule has 1 aromatic heterocycles. The lowest BCUT2D eigenvalue weighted by atomic mass is 9.98. The Hall–Kier alpha value is -2.27. The molecule has 28 heavy (non-hydrogen) atoms. The van der Waals surface area contributed by atoms with Crippen LogP contribution in [0.3, 0.4) is 0 Å². The van der Waals surface area contributed by atoms with E-state index < -0.39 is 0 Å². The molecule has 0 unspecified atom stereocenters. The molecule has 0 aliphatic carbocycles. The fourth-order valence-corrected chi connectivity index (χ4v) is 4.43. The number of amides is 1. The van der Waals surface area contributed by atoms with E-state index in [-0.39, 0.29) is 5.91 Å².